The van der Waals surface area contributed by atoms with Crippen LogP contribution in [0.2, 0.25) is 0 Å². The minimum absolute atomic E-state index is 0.143. The second-order valence-corrected chi connectivity index (χ2v) is 4.66. The SMILES string of the molecule is O=C(O)c1ccc2c(c1)CCN2C(=O)c1ccc(=O)[nH]n1. The first-order valence-corrected chi connectivity index (χ1v) is 6.30. The lowest BCUT2D eigenvalue weighted by molar-refractivity contribution is 0.0696. The fraction of sp³-hybridized carbons (Fsp3) is 0.143. The van der Waals surface area contributed by atoms with Crippen LogP contribution in [0, 0.1) is 0 Å². The third kappa shape index (κ3) is 2.29. The number of carboxylic acid groups (broad SMARTS) is 1. The molecule has 1 aromatic carbocycles. The number of aromatic carboxylic acids is 1. The number of rotatable bonds is 2. The van der Waals surface area contributed by atoms with Crippen molar-refractivity contribution in [3.8, 4) is 0 Å². The second-order valence-electron chi connectivity index (χ2n) is 4.66. The van der Waals surface area contributed by atoms with Crippen LogP contribution < -0.4 is 10.5 Å². The van der Waals surface area contributed by atoms with Crippen molar-refractivity contribution in [2.45, 2.75) is 6.42 Å². The molecule has 0 saturated heterocycles. The number of aromatic nitrogens is 2. The Bertz CT molecular complexity index is 777. The zero-order chi connectivity index (χ0) is 15.0. The molecule has 2 heterocycles. The molecule has 7 nitrogen and oxygen atoms in total. The van der Waals surface area contributed by atoms with Gasteiger partial charge in [-0.2, -0.15) is 5.10 Å². The predicted molar refractivity (Wildman–Crippen MR) is 73.6 cm³/mol. The number of hydrogen-bond donors (Lipinski definition) is 2. The molecule has 3 rings (SSSR count). The number of H-pyrrole nitrogens is 1. The normalized spacial score (nSPS) is 13.0. The van der Waals surface area contributed by atoms with Crippen LogP contribution in [0.4, 0.5) is 5.69 Å². The molecule has 1 aliphatic heterocycles. The Morgan fingerprint density at radius 3 is 2.71 bits per heavy atom. The highest BCUT2D eigenvalue weighted by molar-refractivity contribution is 6.06. The van der Waals surface area contributed by atoms with Gasteiger partial charge in [-0.3, -0.25) is 9.59 Å². The fourth-order valence-electron chi connectivity index (χ4n) is 2.35. The van der Waals surface area contributed by atoms with E-state index in [0.717, 1.165) is 5.56 Å². The summed E-state index contributed by atoms with van der Waals surface area (Å²) in [6, 6.07) is 7.27. The van der Waals surface area contributed by atoms with Crippen LogP contribution in [-0.2, 0) is 6.42 Å². The Balaban J connectivity index is 1.93. The van der Waals surface area contributed by atoms with Gasteiger partial charge >= 0.3 is 5.97 Å². The molecule has 0 bridgehead atoms. The van der Waals surface area contributed by atoms with Gasteiger partial charge < -0.3 is 10.0 Å². The van der Waals surface area contributed by atoms with Crippen LogP contribution in [0.5, 0.6) is 0 Å². The van der Waals surface area contributed by atoms with E-state index in [4.69, 9.17) is 5.11 Å². The van der Waals surface area contributed by atoms with Gasteiger partial charge in [0.1, 0.15) is 5.69 Å². The van der Waals surface area contributed by atoms with E-state index < -0.39 is 5.97 Å². The fourth-order valence-corrected chi connectivity index (χ4v) is 2.35. The van der Waals surface area contributed by atoms with E-state index in [0.29, 0.717) is 18.7 Å². The quantitative estimate of drug-likeness (QED) is 0.844. The molecule has 1 amide bonds. The Morgan fingerprint density at radius 1 is 1.24 bits per heavy atom. The number of carbonyl (C=O) groups is 2. The number of benzene rings is 1. The number of fused-ring (bicyclic) bond motifs is 1. The summed E-state index contributed by atoms with van der Waals surface area (Å²) >= 11 is 0. The lowest BCUT2D eigenvalue weighted by Crippen LogP contribution is -2.30. The second kappa shape index (κ2) is 4.86. The third-order valence-corrected chi connectivity index (χ3v) is 3.37. The molecule has 0 atom stereocenters. The number of nitrogens with zero attached hydrogens (tertiary/aromatic N) is 2. The summed E-state index contributed by atoms with van der Waals surface area (Å²) in [6.45, 7) is 0.456. The zero-order valence-corrected chi connectivity index (χ0v) is 10.9. The van der Waals surface area contributed by atoms with Crippen LogP contribution in [0.3, 0.4) is 0 Å². The van der Waals surface area contributed by atoms with E-state index in [1.165, 1.54) is 23.1 Å². The molecule has 0 aliphatic carbocycles. The highest BCUT2D eigenvalue weighted by Crippen LogP contribution is 2.29. The molecule has 0 fully saturated rings. The molecule has 1 aliphatic rings. The van der Waals surface area contributed by atoms with E-state index in [1.54, 1.807) is 12.1 Å². The largest absolute Gasteiger partial charge is 0.478 e. The molecule has 106 valence electrons. The van der Waals surface area contributed by atoms with Crippen molar-refractivity contribution in [2.75, 3.05) is 11.4 Å². The van der Waals surface area contributed by atoms with Gasteiger partial charge in [0.15, 0.2) is 0 Å². The van der Waals surface area contributed by atoms with E-state index in [1.807, 2.05) is 0 Å². The van der Waals surface area contributed by atoms with Crippen molar-refractivity contribution < 1.29 is 14.7 Å². The highest BCUT2D eigenvalue weighted by Gasteiger charge is 2.27. The summed E-state index contributed by atoms with van der Waals surface area (Å²) in [5.74, 6) is -1.32. The molecule has 7 heteroatoms. The molecule has 0 spiro atoms. The molecule has 21 heavy (non-hydrogen) atoms. The Kier molecular flexibility index (Phi) is 3.02. The first kappa shape index (κ1) is 13.0. The first-order valence-electron chi connectivity index (χ1n) is 6.30. The van der Waals surface area contributed by atoms with Crippen molar-refractivity contribution >= 4 is 17.6 Å². The van der Waals surface area contributed by atoms with Crippen LogP contribution in [-0.4, -0.2) is 33.7 Å². The van der Waals surface area contributed by atoms with Crippen LogP contribution in [0.25, 0.3) is 0 Å². The number of nitrogens with one attached hydrogen (secondary N) is 1. The lowest BCUT2D eigenvalue weighted by Gasteiger charge is -2.16. The van der Waals surface area contributed by atoms with Gasteiger partial charge in [-0.25, -0.2) is 9.89 Å². The average molecular weight is 285 g/mol. The summed E-state index contributed by atoms with van der Waals surface area (Å²) in [5.41, 5.74) is 1.46. The monoisotopic (exact) mass is 285 g/mol. The summed E-state index contributed by atoms with van der Waals surface area (Å²) in [6.07, 6.45) is 0.589. The predicted octanol–water partition coefficient (Wildman–Crippen LogP) is 0.671. The van der Waals surface area contributed by atoms with Crippen LogP contribution in [0.15, 0.2) is 35.1 Å². The van der Waals surface area contributed by atoms with Gasteiger partial charge in [-0.1, -0.05) is 0 Å². The van der Waals surface area contributed by atoms with Gasteiger partial charge in [0.2, 0.25) is 0 Å². The van der Waals surface area contributed by atoms with Gasteiger partial charge in [0.05, 0.1) is 5.56 Å². The smallest absolute Gasteiger partial charge is 0.335 e. The van der Waals surface area contributed by atoms with Gasteiger partial charge in [-0.05, 0) is 36.2 Å². The number of anilines is 1. The third-order valence-electron chi connectivity index (χ3n) is 3.37. The van der Waals surface area contributed by atoms with Crippen molar-refractivity contribution in [2.24, 2.45) is 0 Å². The molecular formula is C14H11N3O4. The summed E-state index contributed by atoms with van der Waals surface area (Å²) < 4.78 is 0. The maximum Gasteiger partial charge on any atom is 0.335 e. The molecule has 0 unspecified atom stereocenters. The number of amides is 1. The minimum atomic E-state index is -0.995. The number of carboxylic acids is 1. The molecule has 2 N–H and O–H groups in total. The maximum absolute atomic E-state index is 12.4. The molecule has 0 radical (unpaired) electrons. The maximum atomic E-state index is 12.4. The number of aromatic amines is 1. The van der Waals surface area contributed by atoms with E-state index in [9.17, 15) is 14.4 Å². The van der Waals surface area contributed by atoms with Gasteiger partial charge in [0, 0.05) is 18.3 Å². The minimum Gasteiger partial charge on any atom is -0.478 e. The van der Waals surface area contributed by atoms with Crippen molar-refractivity contribution in [1.29, 1.82) is 0 Å². The molecule has 1 aromatic heterocycles. The number of hydrogen-bond acceptors (Lipinski definition) is 4. The Labute approximate surface area is 118 Å². The van der Waals surface area contributed by atoms with Crippen molar-refractivity contribution in [3.63, 3.8) is 0 Å². The lowest BCUT2D eigenvalue weighted by atomic mass is 10.1. The van der Waals surface area contributed by atoms with Gasteiger partial charge in [0.25, 0.3) is 11.5 Å². The molecule has 0 saturated carbocycles. The summed E-state index contributed by atoms with van der Waals surface area (Å²) in [5, 5.41) is 14.9. The molecular weight excluding hydrogens is 274 g/mol. The van der Waals surface area contributed by atoms with Crippen molar-refractivity contribution in [3.05, 3.63) is 57.5 Å². The van der Waals surface area contributed by atoms with Crippen LogP contribution >= 0.6 is 0 Å². The molecule has 2 aromatic rings. The topological polar surface area (TPSA) is 103 Å². The van der Waals surface area contributed by atoms with Crippen molar-refractivity contribution in [1.82, 2.24) is 10.2 Å². The highest BCUT2D eigenvalue weighted by atomic mass is 16.4. The number of carbonyl (C=O) groups excluding carboxylic acids is 1. The Morgan fingerprint density at radius 2 is 2.05 bits per heavy atom. The van der Waals surface area contributed by atoms with E-state index in [2.05, 4.69) is 10.2 Å². The van der Waals surface area contributed by atoms with Crippen LogP contribution in [0.1, 0.15) is 26.4 Å². The van der Waals surface area contributed by atoms with E-state index >= 15 is 0 Å². The average Bonchev–Trinajstić information content (AvgIpc) is 2.90. The van der Waals surface area contributed by atoms with Gasteiger partial charge in [-0.15, -0.1) is 0 Å². The zero-order valence-electron chi connectivity index (χ0n) is 10.9. The summed E-state index contributed by atoms with van der Waals surface area (Å²) in [7, 11) is 0. The van der Waals surface area contributed by atoms with E-state index in [-0.39, 0.29) is 22.7 Å². The standard InChI is InChI=1S/C14H11N3O4/c18-12-4-2-10(15-16-12)13(19)17-6-5-8-7-9(14(20)21)1-3-11(8)17/h1-4,7H,5-6H2,(H,16,18)(H,20,21). The summed E-state index contributed by atoms with van der Waals surface area (Å²) in [4.78, 5) is 35.8. The first-order chi connectivity index (χ1) is 10.1. The Hall–Kier alpha value is -2.96.